The summed E-state index contributed by atoms with van der Waals surface area (Å²) in [6, 6.07) is 5.26. The molecule has 2 aliphatic rings. The lowest BCUT2D eigenvalue weighted by atomic mass is 9.84. The van der Waals surface area contributed by atoms with Gasteiger partial charge in [-0.2, -0.15) is 11.8 Å². The van der Waals surface area contributed by atoms with Crippen molar-refractivity contribution < 1.29 is 18.7 Å². The third-order valence-corrected chi connectivity index (χ3v) is 6.41. The van der Waals surface area contributed by atoms with Gasteiger partial charge in [-0.3, -0.25) is 4.79 Å². The molecule has 2 heterocycles. The van der Waals surface area contributed by atoms with Gasteiger partial charge in [0.15, 0.2) is 0 Å². The van der Waals surface area contributed by atoms with Crippen LogP contribution in [0.4, 0.5) is 9.18 Å². The van der Waals surface area contributed by atoms with Gasteiger partial charge in [0.25, 0.3) is 0 Å². The number of esters is 1. The van der Waals surface area contributed by atoms with Gasteiger partial charge in [-0.05, 0) is 30.0 Å². The summed E-state index contributed by atoms with van der Waals surface area (Å²) in [4.78, 5) is 28.8. The number of rotatable bonds is 3. The molecule has 0 aliphatic carbocycles. The van der Waals surface area contributed by atoms with E-state index in [-0.39, 0.29) is 29.7 Å². The lowest BCUT2D eigenvalue weighted by Gasteiger charge is -2.40. The number of ether oxygens (including phenoxy) is 1. The third-order valence-electron chi connectivity index (χ3n) is 5.47. The zero-order chi connectivity index (χ0) is 19.4. The van der Waals surface area contributed by atoms with Gasteiger partial charge in [-0.1, -0.05) is 19.1 Å². The molecule has 0 bridgehead atoms. The highest BCUT2D eigenvalue weighted by Gasteiger charge is 2.37. The molecule has 3 rings (SSSR count). The molecule has 0 N–H and O–H groups in total. The SMILES string of the molecule is CCc1ccc(C2CC(C(=O)OC)CN(C(=O)N3CCSCC3)C2)cc1F. The molecule has 0 aromatic heterocycles. The number of benzene rings is 1. The van der Waals surface area contributed by atoms with Gasteiger partial charge < -0.3 is 14.5 Å². The third kappa shape index (κ3) is 4.57. The maximum Gasteiger partial charge on any atom is 0.320 e. The maximum atomic E-state index is 14.3. The van der Waals surface area contributed by atoms with Gasteiger partial charge in [0, 0.05) is 43.6 Å². The summed E-state index contributed by atoms with van der Waals surface area (Å²) in [7, 11) is 1.37. The summed E-state index contributed by atoms with van der Waals surface area (Å²) in [5.74, 6) is 0.885. The number of amides is 2. The number of urea groups is 1. The molecule has 0 radical (unpaired) electrons. The lowest BCUT2D eigenvalue weighted by Crippen LogP contribution is -2.52. The fourth-order valence-electron chi connectivity index (χ4n) is 3.89. The number of hydrogen-bond acceptors (Lipinski definition) is 4. The number of carbonyl (C=O) groups excluding carboxylic acids is 2. The second-order valence-corrected chi connectivity index (χ2v) is 8.37. The van der Waals surface area contributed by atoms with E-state index < -0.39 is 0 Å². The van der Waals surface area contributed by atoms with Crippen LogP contribution in [0.2, 0.25) is 0 Å². The van der Waals surface area contributed by atoms with Crippen molar-refractivity contribution in [3.8, 4) is 0 Å². The van der Waals surface area contributed by atoms with Crippen molar-refractivity contribution in [1.82, 2.24) is 9.80 Å². The van der Waals surface area contributed by atoms with E-state index in [9.17, 15) is 14.0 Å². The fraction of sp³-hybridized carbons (Fsp3) is 0.600. The molecule has 2 saturated heterocycles. The summed E-state index contributed by atoms with van der Waals surface area (Å²) >= 11 is 1.85. The Bertz CT molecular complexity index is 694. The molecule has 0 saturated carbocycles. The number of halogens is 1. The Labute approximate surface area is 164 Å². The van der Waals surface area contributed by atoms with Crippen LogP contribution >= 0.6 is 11.8 Å². The van der Waals surface area contributed by atoms with Crippen molar-refractivity contribution in [2.75, 3.05) is 44.8 Å². The smallest absolute Gasteiger partial charge is 0.320 e. The van der Waals surface area contributed by atoms with Crippen LogP contribution in [-0.2, 0) is 16.0 Å². The van der Waals surface area contributed by atoms with Crippen LogP contribution in [0.15, 0.2) is 18.2 Å². The second-order valence-electron chi connectivity index (χ2n) is 7.14. The molecule has 2 fully saturated rings. The van der Waals surface area contributed by atoms with Gasteiger partial charge in [-0.25, -0.2) is 9.18 Å². The van der Waals surface area contributed by atoms with Gasteiger partial charge in [0.2, 0.25) is 0 Å². The standard InChI is InChI=1S/C20H27FN2O3S/c1-3-14-4-5-15(11-18(14)21)16-10-17(19(24)26-2)13-23(12-16)20(25)22-6-8-27-9-7-22/h4-5,11,16-17H,3,6-10,12-13H2,1-2H3. The molecule has 27 heavy (non-hydrogen) atoms. The van der Waals surface area contributed by atoms with Crippen LogP contribution in [0.25, 0.3) is 0 Å². The number of hydrogen-bond donors (Lipinski definition) is 0. The van der Waals surface area contributed by atoms with Crippen LogP contribution in [0.5, 0.6) is 0 Å². The highest BCUT2D eigenvalue weighted by Crippen LogP contribution is 2.32. The van der Waals surface area contributed by atoms with Crippen LogP contribution < -0.4 is 0 Å². The van der Waals surface area contributed by atoms with Crippen LogP contribution in [0.1, 0.15) is 30.4 Å². The van der Waals surface area contributed by atoms with Crippen molar-refractivity contribution >= 4 is 23.8 Å². The van der Waals surface area contributed by atoms with Gasteiger partial charge in [-0.15, -0.1) is 0 Å². The first-order valence-corrected chi connectivity index (χ1v) is 10.7. The highest BCUT2D eigenvalue weighted by molar-refractivity contribution is 7.99. The monoisotopic (exact) mass is 394 g/mol. The summed E-state index contributed by atoms with van der Waals surface area (Å²) in [5, 5.41) is 0. The molecule has 7 heteroatoms. The number of likely N-dealkylation sites (tertiary alicyclic amines) is 1. The molecule has 2 unspecified atom stereocenters. The first-order valence-electron chi connectivity index (χ1n) is 9.51. The largest absolute Gasteiger partial charge is 0.469 e. The minimum absolute atomic E-state index is 0.0282. The quantitative estimate of drug-likeness (QED) is 0.739. The molecule has 2 atom stereocenters. The van der Waals surface area contributed by atoms with Crippen molar-refractivity contribution in [3.63, 3.8) is 0 Å². The average molecular weight is 395 g/mol. The first-order chi connectivity index (χ1) is 13.0. The van der Waals surface area contributed by atoms with Crippen molar-refractivity contribution in [1.29, 1.82) is 0 Å². The molecule has 5 nitrogen and oxygen atoms in total. The molecular weight excluding hydrogens is 367 g/mol. The minimum atomic E-state index is -0.384. The Hall–Kier alpha value is -1.76. The molecule has 1 aromatic carbocycles. The second kappa shape index (κ2) is 8.95. The summed E-state index contributed by atoms with van der Waals surface area (Å²) in [5.41, 5.74) is 1.52. The van der Waals surface area contributed by atoms with E-state index in [1.165, 1.54) is 7.11 Å². The molecule has 2 amide bonds. The molecule has 2 aliphatic heterocycles. The van der Waals surface area contributed by atoms with Crippen LogP contribution in [0, 0.1) is 11.7 Å². The van der Waals surface area contributed by atoms with E-state index in [0.29, 0.717) is 31.5 Å². The van der Waals surface area contributed by atoms with Gasteiger partial charge >= 0.3 is 12.0 Å². The molecule has 0 spiro atoms. The Morgan fingerprint density at radius 3 is 2.59 bits per heavy atom. The van der Waals surface area contributed by atoms with E-state index in [0.717, 1.165) is 30.2 Å². The van der Waals surface area contributed by atoms with Crippen molar-refractivity contribution in [3.05, 3.63) is 35.1 Å². The van der Waals surface area contributed by atoms with E-state index in [1.807, 2.05) is 29.7 Å². The lowest BCUT2D eigenvalue weighted by molar-refractivity contribution is -0.147. The normalized spacial score (nSPS) is 23.2. The fourth-order valence-corrected chi connectivity index (χ4v) is 4.80. The summed E-state index contributed by atoms with van der Waals surface area (Å²) in [6.07, 6.45) is 1.20. The Kier molecular flexibility index (Phi) is 6.63. The number of carbonyl (C=O) groups is 2. The van der Waals surface area contributed by atoms with Crippen molar-refractivity contribution in [2.45, 2.75) is 25.7 Å². The number of methoxy groups -OCH3 is 1. The molecule has 148 valence electrons. The van der Waals surface area contributed by atoms with E-state index in [4.69, 9.17) is 4.74 Å². The average Bonchev–Trinajstić information content (AvgIpc) is 2.72. The first kappa shape index (κ1) is 20.0. The van der Waals surface area contributed by atoms with Crippen molar-refractivity contribution in [2.24, 2.45) is 5.92 Å². The predicted molar refractivity (Wildman–Crippen MR) is 105 cm³/mol. The Morgan fingerprint density at radius 1 is 1.22 bits per heavy atom. The maximum absolute atomic E-state index is 14.3. The highest BCUT2D eigenvalue weighted by atomic mass is 32.2. The van der Waals surface area contributed by atoms with Gasteiger partial charge in [0.05, 0.1) is 13.0 Å². The van der Waals surface area contributed by atoms with E-state index in [2.05, 4.69) is 0 Å². The molecule has 1 aromatic rings. The van der Waals surface area contributed by atoms with Crippen LogP contribution in [0.3, 0.4) is 0 Å². The number of piperidine rings is 1. The summed E-state index contributed by atoms with van der Waals surface area (Å²) < 4.78 is 19.2. The Balaban J connectivity index is 1.81. The van der Waals surface area contributed by atoms with E-state index in [1.54, 1.807) is 17.0 Å². The minimum Gasteiger partial charge on any atom is -0.469 e. The predicted octanol–water partition coefficient (Wildman–Crippen LogP) is 3.14. The number of thioether (sulfide) groups is 1. The number of aryl methyl sites for hydroxylation is 1. The van der Waals surface area contributed by atoms with E-state index >= 15 is 0 Å². The van der Waals surface area contributed by atoms with Gasteiger partial charge in [0.1, 0.15) is 5.82 Å². The number of nitrogens with zero attached hydrogens (tertiary/aromatic N) is 2. The Morgan fingerprint density at radius 2 is 1.96 bits per heavy atom. The summed E-state index contributed by atoms with van der Waals surface area (Å²) in [6.45, 7) is 4.24. The zero-order valence-electron chi connectivity index (χ0n) is 15.9. The zero-order valence-corrected chi connectivity index (χ0v) is 16.8. The van der Waals surface area contributed by atoms with Crippen LogP contribution in [-0.4, -0.2) is 66.6 Å². The molecular formula is C20H27FN2O3S. The topological polar surface area (TPSA) is 49.9 Å².